The second-order valence-corrected chi connectivity index (χ2v) is 6.80. The van der Waals surface area contributed by atoms with Gasteiger partial charge >= 0.3 is 6.36 Å². The Hall–Kier alpha value is -2.88. The first-order valence-electron chi connectivity index (χ1n) is 8.71. The largest absolute Gasteiger partial charge is 0.573 e. The standard InChI is InChI=1S/C18H18F3N5O2/c1-25-15-14(10-24-25)16(23-11-22-15)26-7-5-17(27,6-8-26)12-3-2-4-13(9-12)28-18(19,20)21/h2-4,9-11,27H,5-8H2,1H3. The summed E-state index contributed by atoms with van der Waals surface area (Å²) in [7, 11) is 1.80. The fraction of sp³-hybridized carbons (Fsp3) is 0.389. The molecule has 1 aliphatic rings. The van der Waals surface area contributed by atoms with Crippen LogP contribution in [-0.4, -0.2) is 44.3 Å². The highest BCUT2D eigenvalue weighted by atomic mass is 19.4. The first-order chi connectivity index (χ1) is 13.3. The smallest absolute Gasteiger partial charge is 0.406 e. The van der Waals surface area contributed by atoms with Crippen molar-refractivity contribution in [3.05, 3.63) is 42.4 Å². The van der Waals surface area contributed by atoms with Crippen molar-refractivity contribution >= 4 is 16.9 Å². The number of piperidine rings is 1. The fourth-order valence-electron chi connectivity index (χ4n) is 3.56. The molecule has 2 aromatic heterocycles. The van der Waals surface area contributed by atoms with E-state index in [0.717, 1.165) is 11.2 Å². The highest BCUT2D eigenvalue weighted by Crippen LogP contribution is 2.37. The average Bonchev–Trinajstić information content (AvgIpc) is 3.03. The third kappa shape index (κ3) is 3.47. The topological polar surface area (TPSA) is 76.3 Å². The molecule has 0 aliphatic carbocycles. The Morgan fingerprint density at radius 3 is 2.64 bits per heavy atom. The van der Waals surface area contributed by atoms with Crippen LogP contribution in [0.15, 0.2) is 36.8 Å². The number of nitrogens with zero attached hydrogens (tertiary/aromatic N) is 5. The molecule has 0 saturated carbocycles. The van der Waals surface area contributed by atoms with Gasteiger partial charge in [0.15, 0.2) is 5.65 Å². The molecular weight excluding hydrogens is 375 g/mol. The number of aromatic nitrogens is 4. The molecule has 3 aromatic rings. The summed E-state index contributed by atoms with van der Waals surface area (Å²) < 4.78 is 43.0. The molecular formula is C18H18F3N5O2. The Morgan fingerprint density at radius 2 is 1.93 bits per heavy atom. The Labute approximate surface area is 158 Å². The van der Waals surface area contributed by atoms with Gasteiger partial charge in [-0.1, -0.05) is 12.1 Å². The molecule has 28 heavy (non-hydrogen) atoms. The van der Waals surface area contributed by atoms with Gasteiger partial charge in [-0.25, -0.2) is 9.97 Å². The lowest BCUT2D eigenvalue weighted by molar-refractivity contribution is -0.274. The summed E-state index contributed by atoms with van der Waals surface area (Å²) in [5, 5.41) is 16.0. The number of aliphatic hydroxyl groups is 1. The zero-order valence-corrected chi connectivity index (χ0v) is 15.0. The molecule has 0 unspecified atom stereocenters. The number of alkyl halides is 3. The second kappa shape index (κ2) is 6.62. The summed E-state index contributed by atoms with van der Waals surface area (Å²) in [5.41, 5.74) is -0.117. The van der Waals surface area contributed by atoms with E-state index >= 15 is 0 Å². The van der Waals surface area contributed by atoms with E-state index in [1.165, 1.54) is 24.5 Å². The van der Waals surface area contributed by atoms with Crippen LogP contribution in [0.4, 0.5) is 19.0 Å². The minimum atomic E-state index is -4.77. The minimum Gasteiger partial charge on any atom is -0.406 e. The van der Waals surface area contributed by atoms with Crippen LogP contribution in [0.1, 0.15) is 18.4 Å². The summed E-state index contributed by atoms with van der Waals surface area (Å²) in [6.45, 7) is 0.976. The van der Waals surface area contributed by atoms with Crippen LogP contribution < -0.4 is 9.64 Å². The molecule has 7 nitrogen and oxygen atoms in total. The maximum atomic E-state index is 12.5. The van der Waals surface area contributed by atoms with E-state index in [1.54, 1.807) is 24.0 Å². The molecule has 1 saturated heterocycles. The molecule has 1 fully saturated rings. The van der Waals surface area contributed by atoms with E-state index < -0.39 is 12.0 Å². The van der Waals surface area contributed by atoms with Crippen molar-refractivity contribution in [1.82, 2.24) is 19.7 Å². The van der Waals surface area contributed by atoms with Crippen molar-refractivity contribution in [3.63, 3.8) is 0 Å². The summed E-state index contributed by atoms with van der Waals surface area (Å²) in [6.07, 6.45) is -0.920. The molecule has 0 spiro atoms. The van der Waals surface area contributed by atoms with Gasteiger partial charge in [-0.2, -0.15) is 5.10 Å². The van der Waals surface area contributed by atoms with Gasteiger partial charge in [0.2, 0.25) is 0 Å². The Morgan fingerprint density at radius 1 is 1.18 bits per heavy atom. The van der Waals surface area contributed by atoms with Crippen molar-refractivity contribution in [2.45, 2.75) is 24.8 Å². The van der Waals surface area contributed by atoms with Gasteiger partial charge in [-0.3, -0.25) is 4.68 Å². The van der Waals surface area contributed by atoms with E-state index in [0.29, 0.717) is 37.1 Å². The number of aryl methyl sites for hydroxylation is 1. The summed E-state index contributed by atoms with van der Waals surface area (Å²) in [6, 6.07) is 5.52. The lowest BCUT2D eigenvalue weighted by Gasteiger charge is -2.39. The van der Waals surface area contributed by atoms with Gasteiger partial charge in [0.1, 0.15) is 17.9 Å². The van der Waals surface area contributed by atoms with E-state index in [-0.39, 0.29) is 5.75 Å². The Kier molecular flexibility index (Phi) is 4.37. The fourth-order valence-corrected chi connectivity index (χ4v) is 3.56. The van der Waals surface area contributed by atoms with Gasteiger partial charge in [0.05, 0.1) is 17.2 Å². The summed E-state index contributed by atoms with van der Waals surface area (Å²) in [5.74, 6) is 0.392. The van der Waals surface area contributed by atoms with E-state index in [4.69, 9.17) is 0 Å². The van der Waals surface area contributed by atoms with Crippen LogP contribution in [-0.2, 0) is 12.6 Å². The number of hydrogen-bond donors (Lipinski definition) is 1. The van der Waals surface area contributed by atoms with Crippen LogP contribution in [0.3, 0.4) is 0 Å². The zero-order valence-electron chi connectivity index (χ0n) is 15.0. The van der Waals surface area contributed by atoms with Crippen LogP contribution in [0, 0.1) is 0 Å². The van der Waals surface area contributed by atoms with Crippen molar-refractivity contribution in [3.8, 4) is 5.75 Å². The number of ether oxygens (including phenoxy) is 1. The van der Waals surface area contributed by atoms with Crippen molar-refractivity contribution in [2.24, 2.45) is 7.05 Å². The van der Waals surface area contributed by atoms with Gasteiger partial charge in [-0.05, 0) is 30.5 Å². The van der Waals surface area contributed by atoms with Gasteiger partial charge in [0.25, 0.3) is 0 Å². The molecule has 1 N–H and O–H groups in total. The first-order valence-corrected chi connectivity index (χ1v) is 8.71. The third-order valence-corrected chi connectivity index (χ3v) is 5.00. The number of halogens is 3. The molecule has 0 bridgehead atoms. The molecule has 0 radical (unpaired) electrons. The highest BCUT2D eigenvalue weighted by Gasteiger charge is 2.36. The first kappa shape index (κ1) is 18.5. The zero-order chi connectivity index (χ0) is 19.9. The molecule has 1 aromatic carbocycles. The third-order valence-electron chi connectivity index (χ3n) is 5.00. The average molecular weight is 393 g/mol. The predicted octanol–water partition coefficient (Wildman–Crippen LogP) is 2.75. The Balaban J connectivity index is 1.54. The van der Waals surface area contributed by atoms with Crippen molar-refractivity contribution < 1.29 is 23.0 Å². The van der Waals surface area contributed by atoms with Gasteiger partial charge in [-0.15, -0.1) is 13.2 Å². The SMILES string of the molecule is Cn1ncc2c(N3CCC(O)(c4cccc(OC(F)(F)F)c4)CC3)ncnc21. The normalized spacial score (nSPS) is 17.1. The number of hydrogen-bond acceptors (Lipinski definition) is 6. The Bertz CT molecular complexity index is 996. The van der Waals surface area contributed by atoms with Gasteiger partial charge < -0.3 is 14.7 Å². The number of benzene rings is 1. The molecule has 0 amide bonds. The lowest BCUT2D eigenvalue weighted by Crippen LogP contribution is -2.43. The van der Waals surface area contributed by atoms with E-state index in [1.807, 2.05) is 4.90 Å². The molecule has 148 valence electrons. The molecule has 0 atom stereocenters. The maximum absolute atomic E-state index is 12.5. The summed E-state index contributed by atoms with van der Waals surface area (Å²) in [4.78, 5) is 10.6. The van der Waals surface area contributed by atoms with E-state index in [9.17, 15) is 18.3 Å². The van der Waals surface area contributed by atoms with Crippen molar-refractivity contribution in [1.29, 1.82) is 0 Å². The maximum Gasteiger partial charge on any atom is 0.573 e. The minimum absolute atomic E-state index is 0.339. The predicted molar refractivity (Wildman–Crippen MR) is 94.8 cm³/mol. The second-order valence-electron chi connectivity index (χ2n) is 6.80. The molecule has 10 heteroatoms. The van der Waals surface area contributed by atoms with Crippen LogP contribution >= 0.6 is 0 Å². The van der Waals surface area contributed by atoms with E-state index in [2.05, 4.69) is 19.8 Å². The van der Waals surface area contributed by atoms with Gasteiger partial charge in [0, 0.05) is 20.1 Å². The summed E-state index contributed by atoms with van der Waals surface area (Å²) >= 11 is 0. The molecule has 3 heterocycles. The number of fused-ring (bicyclic) bond motifs is 1. The molecule has 1 aliphatic heterocycles. The van der Waals surface area contributed by atoms with Crippen LogP contribution in [0.25, 0.3) is 11.0 Å². The van der Waals surface area contributed by atoms with Crippen molar-refractivity contribution in [2.75, 3.05) is 18.0 Å². The highest BCUT2D eigenvalue weighted by molar-refractivity contribution is 5.86. The quantitative estimate of drug-likeness (QED) is 0.738. The molecule has 4 rings (SSSR count). The monoisotopic (exact) mass is 393 g/mol. The van der Waals surface area contributed by atoms with Crippen LogP contribution in [0.5, 0.6) is 5.75 Å². The number of rotatable bonds is 3. The number of anilines is 1. The van der Waals surface area contributed by atoms with Crippen LogP contribution in [0.2, 0.25) is 0 Å². The lowest BCUT2D eigenvalue weighted by atomic mass is 9.84.